The Morgan fingerprint density at radius 1 is 1.27 bits per heavy atom. The van der Waals surface area contributed by atoms with Crippen LogP contribution in [0, 0.1) is 0 Å². The number of benzene rings is 1. The van der Waals surface area contributed by atoms with Crippen LogP contribution in [0.5, 0.6) is 0 Å². The maximum absolute atomic E-state index is 13.3. The molecule has 0 aromatic heterocycles. The fraction of sp³-hybridized carbons (Fsp3) is 0.533. The number of amides is 1. The number of rotatable bonds is 5. The summed E-state index contributed by atoms with van der Waals surface area (Å²) in [5.74, 6) is -0.318. The molecule has 0 radical (unpaired) electrons. The van der Waals surface area contributed by atoms with Crippen LogP contribution in [-0.4, -0.2) is 58.3 Å². The van der Waals surface area contributed by atoms with Crippen LogP contribution in [0.2, 0.25) is 0 Å². The first-order valence-corrected chi connectivity index (χ1v) is 7.10. The van der Waals surface area contributed by atoms with Crippen molar-refractivity contribution in [1.29, 1.82) is 0 Å². The molecule has 4 atom stereocenters. The molecule has 4 unspecified atom stereocenters. The molecule has 1 amide bonds. The summed E-state index contributed by atoms with van der Waals surface area (Å²) in [6.45, 7) is 1.47. The second-order valence-electron chi connectivity index (χ2n) is 5.47. The van der Waals surface area contributed by atoms with Crippen LogP contribution in [0.25, 0.3) is 0 Å². The van der Waals surface area contributed by atoms with Crippen LogP contribution >= 0.6 is 0 Å². The van der Waals surface area contributed by atoms with Crippen molar-refractivity contribution in [2.45, 2.75) is 44.2 Å². The number of alkyl halides is 2. The van der Waals surface area contributed by atoms with E-state index in [0.29, 0.717) is 0 Å². The molecule has 22 heavy (non-hydrogen) atoms. The maximum atomic E-state index is 13.3. The lowest BCUT2D eigenvalue weighted by Crippen LogP contribution is -2.47. The minimum atomic E-state index is -2.80. The van der Waals surface area contributed by atoms with Gasteiger partial charge in [-0.1, -0.05) is 30.3 Å². The molecule has 1 aliphatic heterocycles. The smallest absolute Gasteiger partial charge is 0.256 e. The van der Waals surface area contributed by atoms with E-state index in [4.69, 9.17) is 0 Å². The van der Waals surface area contributed by atoms with Gasteiger partial charge >= 0.3 is 0 Å². The Hall–Kier alpha value is -1.57. The molecule has 0 spiro atoms. The van der Waals surface area contributed by atoms with Crippen molar-refractivity contribution in [1.82, 2.24) is 10.2 Å². The van der Waals surface area contributed by atoms with E-state index in [2.05, 4.69) is 5.32 Å². The largest absolute Gasteiger partial charge is 0.389 e. The first-order chi connectivity index (χ1) is 10.4. The van der Waals surface area contributed by atoms with Crippen LogP contribution in [-0.2, 0) is 11.3 Å². The second kappa shape index (κ2) is 7.13. The Morgan fingerprint density at radius 3 is 2.45 bits per heavy atom. The van der Waals surface area contributed by atoms with Gasteiger partial charge in [0, 0.05) is 20.0 Å². The first-order valence-electron chi connectivity index (χ1n) is 7.10. The van der Waals surface area contributed by atoms with E-state index in [9.17, 15) is 23.8 Å². The number of likely N-dealkylation sites (tertiary alicyclic amines) is 1. The fourth-order valence-electron chi connectivity index (χ4n) is 2.84. The van der Waals surface area contributed by atoms with E-state index >= 15 is 0 Å². The van der Waals surface area contributed by atoms with Crippen molar-refractivity contribution in [3.63, 3.8) is 0 Å². The Labute approximate surface area is 127 Å². The summed E-state index contributed by atoms with van der Waals surface area (Å²) in [4.78, 5) is 12.4. The molecule has 7 heteroatoms. The minimum absolute atomic E-state index is 0.00358. The molecule has 0 bridgehead atoms. The van der Waals surface area contributed by atoms with E-state index in [0.717, 1.165) is 5.56 Å². The van der Waals surface area contributed by atoms with Gasteiger partial charge in [-0.3, -0.25) is 9.69 Å². The molecule has 3 N–H and O–H groups in total. The third-order valence-corrected chi connectivity index (χ3v) is 3.93. The van der Waals surface area contributed by atoms with Gasteiger partial charge in [-0.05, 0) is 5.56 Å². The number of halogens is 2. The van der Waals surface area contributed by atoms with Crippen LogP contribution in [0.4, 0.5) is 8.78 Å². The van der Waals surface area contributed by atoms with E-state index in [1.165, 1.54) is 11.8 Å². The number of carbonyl (C=O) groups is 1. The SMILES string of the molecule is CC(=O)NCC1C(O)C(O)C(C(F)F)N1Cc1ccccc1. The number of hydrogen-bond donors (Lipinski definition) is 3. The molecule has 1 saturated heterocycles. The predicted octanol–water partition coefficient (Wildman–Crippen LogP) is 0.362. The van der Waals surface area contributed by atoms with Gasteiger partial charge in [0.1, 0.15) is 12.1 Å². The lowest BCUT2D eigenvalue weighted by molar-refractivity contribution is -0.119. The first kappa shape index (κ1) is 16.8. The molecule has 1 aromatic rings. The summed E-state index contributed by atoms with van der Waals surface area (Å²) >= 11 is 0. The summed E-state index contributed by atoms with van der Waals surface area (Å²) < 4.78 is 26.6. The Balaban J connectivity index is 2.22. The number of nitrogens with one attached hydrogen (secondary N) is 1. The second-order valence-corrected chi connectivity index (χ2v) is 5.47. The van der Waals surface area contributed by atoms with Crippen molar-refractivity contribution in [2.75, 3.05) is 6.54 Å². The Bertz CT molecular complexity index is 501. The number of aliphatic hydroxyl groups is 2. The molecule has 0 saturated carbocycles. The molecule has 5 nitrogen and oxygen atoms in total. The van der Waals surface area contributed by atoms with Gasteiger partial charge in [0.05, 0.1) is 12.1 Å². The topological polar surface area (TPSA) is 72.8 Å². The summed E-state index contributed by atoms with van der Waals surface area (Å²) in [6, 6.07) is 6.74. The molecule has 1 heterocycles. The van der Waals surface area contributed by atoms with Crippen molar-refractivity contribution in [2.24, 2.45) is 0 Å². The van der Waals surface area contributed by atoms with Crippen molar-refractivity contribution in [3.8, 4) is 0 Å². The van der Waals surface area contributed by atoms with Gasteiger partial charge in [0.2, 0.25) is 5.91 Å². The van der Waals surface area contributed by atoms with Crippen LogP contribution in [0.15, 0.2) is 30.3 Å². The maximum Gasteiger partial charge on any atom is 0.256 e. The van der Waals surface area contributed by atoms with Gasteiger partial charge in [-0.2, -0.15) is 0 Å². The lowest BCUT2D eigenvalue weighted by Gasteiger charge is -2.30. The highest BCUT2D eigenvalue weighted by atomic mass is 19.3. The van der Waals surface area contributed by atoms with Crippen molar-refractivity contribution in [3.05, 3.63) is 35.9 Å². The molecular weight excluding hydrogens is 294 g/mol. The van der Waals surface area contributed by atoms with Crippen LogP contribution < -0.4 is 5.32 Å². The van der Waals surface area contributed by atoms with Crippen molar-refractivity contribution >= 4 is 5.91 Å². The summed E-state index contributed by atoms with van der Waals surface area (Å²) in [5.41, 5.74) is 0.794. The summed E-state index contributed by atoms with van der Waals surface area (Å²) in [7, 11) is 0. The third-order valence-electron chi connectivity index (χ3n) is 3.93. The highest BCUT2D eigenvalue weighted by molar-refractivity contribution is 5.72. The summed E-state index contributed by atoms with van der Waals surface area (Å²) in [5, 5.41) is 22.5. The van der Waals surface area contributed by atoms with E-state index < -0.39 is 30.7 Å². The Kier molecular flexibility index (Phi) is 5.44. The molecule has 2 rings (SSSR count). The third kappa shape index (κ3) is 3.60. The zero-order valence-electron chi connectivity index (χ0n) is 12.2. The van der Waals surface area contributed by atoms with Gasteiger partial charge in [-0.15, -0.1) is 0 Å². The normalized spacial score (nSPS) is 29.0. The Morgan fingerprint density at radius 2 is 1.91 bits per heavy atom. The predicted molar refractivity (Wildman–Crippen MR) is 76.3 cm³/mol. The minimum Gasteiger partial charge on any atom is -0.389 e. The highest BCUT2D eigenvalue weighted by Gasteiger charge is 2.51. The van der Waals surface area contributed by atoms with Crippen LogP contribution in [0.3, 0.4) is 0 Å². The van der Waals surface area contributed by atoms with Crippen LogP contribution in [0.1, 0.15) is 12.5 Å². The number of hydrogen-bond acceptors (Lipinski definition) is 4. The van der Waals surface area contributed by atoms with Gasteiger partial charge in [0.15, 0.2) is 0 Å². The molecule has 1 aliphatic rings. The molecule has 0 aliphatic carbocycles. The molecular formula is C15H20F2N2O3. The number of carbonyl (C=O) groups excluding carboxylic acids is 1. The van der Waals surface area contributed by atoms with Crippen molar-refractivity contribution < 1.29 is 23.8 Å². The molecule has 122 valence electrons. The average Bonchev–Trinajstić information content (AvgIpc) is 2.69. The van der Waals surface area contributed by atoms with Gasteiger partial charge in [0.25, 0.3) is 6.43 Å². The van der Waals surface area contributed by atoms with E-state index in [-0.39, 0.29) is 19.0 Å². The fourth-order valence-corrected chi connectivity index (χ4v) is 2.84. The average molecular weight is 314 g/mol. The van der Waals surface area contributed by atoms with E-state index in [1.54, 1.807) is 24.3 Å². The summed E-state index contributed by atoms with van der Waals surface area (Å²) in [6.07, 6.45) is -5.69. The lowest BCUT2D eigenvalue weighted by atomic mass is 10.1. The zero-order valence-corrected chi connectivity index (χ0v) is 12.2. The highest BCUT2D eigenvalue weighted by Crippen LogP contribution is 2.30. The monoisotopic (exact) mass is 314 g/mol. The van der Waals surface area contributed by atoms with Gasteiger partial charge < -0.3 is 15.5 Å². The zero-order chi connectivity index (χ0) is 16.3. The molecule has 1 fully saturated rings. The standard InChI is InChI=1S/C15H20F2N2O3/c1-9(20)18-7-11-13(21)14(22)12(15(16)17)19(11)8-10-5-3-2-4-6-10/h2-6,11-15,21-22H,7-8H2,1H3,(H,18,20). The quantitative estimate of drug-likeness (QED) is 0.734. The van der Waals surface area contributed by atoms with E-state index in [1.807, 2.05) is 6.07 Å². The molecule has 1 aromatic carbocycles. The van der Waals surface area contributed by atoms with Gasteiger partial charge in [-0.25, -0.2) is 8.78 Å². The number of aliphatic hydroxyl groups excluding tert-OH is 2. The number of nitrogens with zero attached hydrogens (tertiary/aromatic N) is 1.